The molecule has 6 heteroatoms. The van der Waals surface area contributed by atoms with Crippen LogP contribution in [0.1, 0.15) is 60.6 Å². The SMILES string of the molecule is Nc1c(C(=O)NC2CCC(O)CC2)n[nH]c1C1CC1. The Morgan fingerprint density at radius 3 is 2.58 bits per heavy atom. The van der Waals surface area contributed by atoms with Crippen LogP contribution in [0, 0.1) is 0 Å². The van der Waals surface area contributed by atoms with Gasteiger partial charge >= 0.3 is 0 Å². The molecule has 0 unspecified atom stereocenters. The third-order valence-electron chi connectivity index (χ3n) is 4.07. The molecule has 2 aliphatic carbocycles. The molecule has 1 aromatic rings. The van der Waals surface area contributed by atoms with E-state index in [9.17, 15) is 9.90 Å². The highest BCUT2D eigenvalue weighted by atomic mass is 16.3. The number of nitrogens with two attached hydrogens (primary N) is 1. The van der Waals surface area contributed by atoms with Gasteiger partial charge < -0.3 is 16.2 Å². The van der Waals surface area contributed by atoms with E-state index in [-0.39, 0.29) is 18.1 Å². The first kappa shape index (κ1) is 12.5. The number of aliphatic hydroxyl groups is 1. The predicted molar refractivity (Wildman–Crippen MR) is 70.7 cm³/mol. The summed E-state index contributed by atoms with van der Waals surface area (Å²) in [4.78, 5) is 12.1. The van der Waals surface area contributed by atoms with Crippen molar-refractivity contribution in [1.82, 2.24) is 15.5 Å². The number of carbonyl (C=O) groups is 1. The summed E-state index contributed by atoms with van der Waals surface area (Å²) in [5.74, 6) is 0.251. The van der Waals surface area contributed by atoms with Gasteiger partial charge in [-0.1, -0.05) is 0 Å². The van der Waals surface area contributed by atoms with E-state index >= 15 is 0 Å². The van der Waals surface area contributed by atoms with E-state index in [2.05, 4.69) is 15.5 Å². The van der Waals surface area contributed by atoms with Crippen LogP contribution in [0.3, 0.4) is 0 Å². The van der Waals surface area contributed by atoms with E-state index in [1.165, 1.54) is 0 Å². The van der Waals surface area contributed by atoms with Gasteiger partial charge in [-0.3, -0.25) is 9.89 Å². The van der Waals surface area contributed by atoms with E-state index < -0.39 is 0 Å². The van der Waals surface area contributed by atoms with Crippen LogP contribution >= 0.6 is 0 Å². The zero-order valence-electron chi connectivity index (χ0n) is 10.9. The van der Waals surface area contributed by atoms with Gasteiger partial charge in [-0.25, -0.2) is 0 Å². The number of hydrogen-bond donors (Lipinski definition) is 4. The van der Waals surface area contributed by atoms with Crippen LogP contribution in [0.15, 0.2) is 0 Å². The van der Waals surface area contributed by atoms with Crippen LogP contribution in [-0.2, 0) is 0 Å². The van der Waals surface area contributed by atoms with Crippen molar-refractivity contribution in [3.05, 3.63) is 11.4 Å². The van der Waals surface area contributed by atoms with E-state index in [1.807, 2.05) is 0 Å². The van der Waals surface area contributed by atoms with Crippen LogP contribution in [0.25, 0.3) is 0 Å². The fourth-order valence-corrected chi connectivity index (χ4v) is 2.69. The quantitative estimate of drug-likeness (QED) is 0.651. The highest BCUT2D eigenvalue weighted by molar-refractivity contribution is 5.97. The molecule has 2 fully saturated rings. The number of aromatic nitrogens is 2. The third-order valence-corrected chi connectivity index (χ3v) is 4.07. The van der Waals surface area contributed by atoms with Gasteiger partial charge in [-0.05, 0) is 38.5 Å². The van der Waals surface area contributed by atoms with Crippen molar-refractivity contribution in [2.24, 2.45) is 0 Å². The smallest absolute Gasteiger partial charge is 0.274 e. The molecule has 0 saturated heterocycles. The highest BCUT2D eigenvalue weighted by Crippen LogP contribution is 2.42. The molecule has 3 rings (SSSR count). The van der Waals surface area contributed by atoms with E-state index in [4.69, 9.17) is 5.73 Å². The highest BCUT2D eigenvalue weighted by Gasteiger charge is 2.31. The minimum Gasteiger partial charge on any atom is -0.395 e. The first-order chi connectivity index (χ1) is 9.15. The number of H-pyrrole nitrogens is 1. The first-order valence-electron chi connectivity index (χ1n) is 6.98. The van der Waals surface area contributed by atoms with Crippen molar-refractivity contribution in [2.75, 3.05) is 5.73 Å². The maximum atomic E-state index is 12.1. The number of nitrogen functional groups attached to an aromatic ring is 1. The normalized spacial score (nSPS) is 27.2. The zero-order valence-corrected chi connectivity index (χ0v) is 10.9. The molecular formula is C13H20N4O2. The fraction of sp³-hybridized carbons (Fsp3) is 0.692. The largest absolute Gasteiger partial charge is 0.395 e. The fourth-order valence-electron chi connectivity index (χ4n) is 2.69. The summed E-state index contributed by atoms with van der Waals surface area (Å²) in [6.07, 6.45) is 5.13. The van der Waals surface area contributed by atoms with Gasteiger partial charge in [0, 0.05) is 12.0 Å². The summed E-state index contributed by atoms with van der Waals surface area (Å²) in [6.45, 7) is 0. The Kier molecular flexibility index (Phi) is 3.18. The summed E-state index contributed by atoms with van der Waals surface area (Å²) in [7, 11) is 0. The average Bonchev–Trinajstić information content (AvgIpc) is 3.15. The van der Waals surface area contributed by atoms with E-state index in [1.54, 1.807) is 0 Å². The van der Waals surface area contributed by atoms with Gasteiger partial charge in [0.05, 0.1) is 17.5 Å². The van der Waals surface area contributed by atoms with Crippen molar-refractivity contribution >= 4 is 11.6 Å². The van der Waals surface area contributed by atoms with Crippen molar-refractivity contribution in [3.8, 4) is 0 Å². The Labute approximate surface area is 111 Å². The van der Waals surface area contributed by atoms with Gasteiger partial charge in [0.2, 0.25) is 0 Å². The van der Waals surface area contributed by atoms with Gasteiger partial charge in [0.25, 0.3) is 5.91 Å². The Morgan fingerprint density at radius 1 is 1.26 bits per heavy atom. The summed E-state index contributed by atoms with van der Waals surface area (Å²) in [5.41, 5.74) is 7.69. The lowest BCUT2D eigenvalue weighted by atomic mass is 9.93. The third kappa shape index (κ3) is 2.58. The van der Waals surface area contributed by atoms with Gasteiger partial charge in [-0.15, -0.1) is 0 Å². The standard InChI is InChI=1S/C13H20N4O2/c14-10-11(7-1-2-7)16-17-12(10)13(19)15-8-3-5-9(18)6-4-8/h7-9,18H,1-6,14H2,(H,15,19)(H,16,17). The van der Waals surface area contributed by atoms with Gasteiger partial charge in [0.1, 0.15) is 0 Å². The molecule has 2 aliphatic rings. The number of aromatic amines is 1. The molecule has 1 amide bonds. The molecule has 1 aromatic heterocycles. The molecule has 104 valence electrons. The number of rotatable bonds is 3. The summed E-state index contributed by atoms with van der Waals surface area (Å²) >= 11 is 0. The van der Waals surface area contributed by atoms with E-state index in [0.29, 0.717) is 17.3 Å². The average molecular weight is 264 g/mol. The zero-order chi connectivity index (χ0) is 13.4. The maximum Gasteiger partial charge on any atom is 0.274 e. The molecule has 0 aliphatic heterocycles. The molecular weight excluding hydrogens is 244 g/mol. The monoisotopic (exact) mass is 264 g/mol. The molecule has 5 N–H and O–H groups in total. The molecule has 0 spiro atoms. The number of nitrogens with zero attached hydrogens (tertiary/aromatic N) is 1. The second-order valence-electron chi connectivity index (χ2n) is 5.65. The maximum absolute atomic E-state index is 12.1. The molecule has 0 bridgehead atoms. The van der Waals surface area contributed by atoms with Crippen LogP contribution in [0.5, 0.6) is 0 Å². The second-order valence-corrected chi connectivity index (χ2v) is 5.65. The molecule has 0 radical (unpaired) electrons. The van der Waals surface area contributed by atoms with Crippen LogP contribution in [0.4, 0.5) is 5.69 Å². The number of nitrogens with one attached hydrogen (secondary N) is 2. The van der Waals surface area contributed by atoms with Gasteiger partial charge in [0.15, 0.2) is 5.69 Å². The Hall–Kier alpha value is -1.56. The Balaban J connectivity index is 1.63. The molecule has 0 atom stereocenters. The summed E-state index contributed by atoms with van der Waals surface area (Å²) in [5, 5.41) is 19.3. The van der Waals surface area contributed by atoms with Crippen molar-refractivity contribution in [3.63, 3.8) is 0 Å². The lowest BCUT2D eigenvalue weighted by molar-refractivity contribution is 0.0864. The minimum absolute atomic E-state index is 0.122. The lowest BCUT2D eigenvalue weighted by Gasteiger charge is -2.25. The van der Waals surface area contributed by atoms with Gasteiger partial charge in [-0.2, -0.15) is 5.10 Å². The first-order valence-corrected chi connectivity index (χ1v) is 6.98. The Bertz CT molecular complexity index is 473. The van der Waals surface area contributed by atoms with Crippen molar-refractivity contribution in [2.45, 2.75) is 56.6 Å². The molecule has 1 heterocycles. The number of aliphatic hydroxyl groups excluding tert-OH is 1. The number of amides is 1. The minimum atomic E-state index is -0.218. The number of anilines is 1. The molecule has 2 saturated carbocycles. The molecule has 0 aromatic carbocycles. The molecule has 19 heavy (non-hydrogen) atoms. The predicted octanol–water partition coefficient (Wildman–Crippen LogP) is 0.903. The second kappa shape index (κ2) is 4.85. The number of hydrogen-bond acceptors (Lipinski definition) is 4. The number of carbonyl (C=O) groups excluding carboxylic acids is 1. The van der Waals surface area contributed by atoms with Crippen molar-refractivity contribution < 1.29 is 9.90 Å². The van der Waals surface area contributed by atoms with Crippen molar-refractivity contribution in [1.29, 1.82) is 0 Å². The summed E-state index contributed by atoms with van der Waals surface area (Å²) < 4.78 is 0. The Morgan fingerprint density at radius 2 is 1.95 bits per heavy atom. The lowest BCUT2D eigenvalue weighted by Crippen LogP contribution is -2.39. The van der Waals surface area contributed by atoms with E-state index in [0.717, 1.165) is 44.2 Å². The topological polar surface area (TPSA) is 104 Å². The summed E-state index contributed by atoms with van der Waals surface area (Å²) in [6, 6.07) is 0.122. The van der Waals surface area contributed by atoms with Crippen LogP contribution in [0.2, 0.25) is 0 Å². The molecule has 6 nitrogen and oxygen atoms in total. The van der Waals surface area contributed by atoms with Crippen LogP contribution < -0.4 is 11.1 Å². The van der Waals surface area contributed by atoms with Crippen LogP contribution in [-0.4, -0.2) is 33.4 Å².